The van der Waals surface area contributed by atoms with E-state index in [0.717, 1.165) is 4.90 Å². The Bertz CT molecular complexity index is 997. The zero-order valence-corrected chi connectivity index (χ0v) is 15.7. The molecule has 2 aromatic rings. The van der Waals surface area contributed by atoms with Crippen molar-refractivity contribution in [2.45, 2.75) is 26.3 Å². The molecule has 0 aliphatic carbocycles. The van der Waals surface area contributed by atoms with Crippen LogP contribution in [0.1, 0.15) is 20.3 Å². The van der Waals surface area contributed by atoms with E-state index in [1.165, 1.54) is 15.7 Å². The predicted octanol–water partition coefficient (Wildman–Crippen LogP) is 3.09. The Balaban J connectivity index is 1.77. The van der Waals surface area contributed by atoms with E-state index >= 15 is 0 Å². The summed E-state index contributed by atoms with van der Waals surface area (Å²) in [4.78, 5) is 41.2. The van der Waals surface area contributed by atoms with E-state index < -0.39 is 18.0 Å². The molecule has 2 aliphatic heterocycles. The van der Waals surface area contributed by atoms with Crippen molar-refractivity contribution in [3.8, 4) is 5.75 Å². The SMILES string of the molecule is CCOc1ccc(N2C(=O)C3C=[N+](C(=O)CC)c4ccccc4N3C2=O)cc1. The molecule has 1 unspecified atom stereocenters. The molecule has 2 aromatic carbocycles. The number of benzene rings is 2. The summed E-state index contributed by atoms with van der Waals surface area (Å²) in [5, 5.41) is 0. The van der Waals surface area contributed by atoms with Crippen molar-refractivity contribution in [2.75, 3.05) is 16.4 Å². The van der Waals surface area contributed by atoms with Gasteiger partial charge in [-0.3, -0.25) is 9.69 Å². The van der Waals surface area contributed by atoms with Crippen LogP contribution in [-0.2, 0) is 9.59 Å². The largest absolute Gasteiger partial charge is 0.494 e. The van der Waals surface area contributed by atoms with E-state index in [4.69, 9.17) is 4.74 Å². The zero-order valence-electron chi connectivity index (χ0n) is 15.7. The highest BCUT2D eigenvalue weighted by molar-refractivity contribution is 6.33. The minimum Gasteiger partial charge on any atom is -0.494 e. The molecular weight excluding hydrogens is 358 g/mol. The maximum Gasteiger partial charge on any atom is 0.392 e. The molecule has 1 saturated heterocycles. The van der Waals surface area contributed by atoms with E-state index in [0.29, 0.717) is 35.8 Å². The smallest absolute Gasteiger partial charge is 0.392 e. The summed E-state index contributed by atoms with van der Waals surface area (Å²) < 4.78 is 6.90. The van der Waals surface area contributed by atoms with Crippen LogP contribution in [0.3, 0.4) is 0 Å². The molecule has 142 valence electrons. The third-order valence-electron chi connectivity index (χ3n) is 4.82. The minimum absolute atomic E-state index is 0.133. The van der Waals surface area contributed by atoms with Gasteiger partial charge in [0.1, 0.15) is 11.4 Å². The second-order valence-corrected chi connectivity index (χ2v) is 6.45. The monoisotopic (exact) mass is 378 g/mol. The molecule has 7 heteroatoms. The molecule has 0 aromatic heterocycles. The van der Waals surface area contributed by atoms with Gasteiger partial charge in [-0.2, -0.15) is 0 Å². The highest BCUT2D eigenvalue weighted by Crippen LogP contribution is 2.38. The van der Waals surface area contributed by atoms with Crippen LogP contribution in [0.2, 0.25) is 0 Å². The topological polar surface area (TPSA) is 69.9 Å². The third kappa shape index (κ3) is 2.67. The Morgan fingerprint density at radius 3 is 2.46 bits per heavy atom. The molecule has 7 nitrogen and oxygen atoms in total. The van der Waals surface area contributed by atoms with E-state index in [1.807, 2.05) is 6.92 Å². The molecular formula is C21H20N3O4+. The van der Waals surface area contributed by atoms with E-state index in [9.17, 15) is 14.4 Å². The fourth-order valence-corrected chi connectivity index (χ4v) is 3.52. The fraction of sp³-hybridized carbons (Fsp3) is 0.238. The molecule has 4 rings (SSSR count). The Hall–Kier alpha value is -3.48. The number of fused-ring (bicyclic) bond motifs is 3. The number of hydrogen-bond acceptors (Lipinski definition) is 4. The van der Waals surface area contributed by atoms with Gasteiger partial charge in [-0.15, -0.1) is 4.58 Å². The van der Waals surface area contributed by atoms with Gasteiger partial charge in [0.15, 0.2) is 12.3 Å². The summed E-state index contributed by atoms with van der Waals surface area (Å²) in [6.07, 6.45) is 1.82. The van der Waals surface area contributed by atoms with Gasteiger partial charge in [-0.25, -0.2) is 14.5 Å². The molecule has 1 fully saturated rings. The number of imide groups is 1. The molecule has 2 aliphatic rings. The van der Waals surface area contributed by atoms with Crippen molar-refractivity contribution < 1.29 is 23.7 Å². The maximum absolute atomic E-state index is 13.1. The Morgan fingerprint density at radius 1 is 1.07 bits per heavy atom. The molecule has 4 amide bonds. The minimum atomic E-state index is -0.857. The van der Waals surface area contributed by atoms with Crippen LogP contribution in [0.4, 0.5) is 21.9 Å². The summed E-state index contributed by atoms with van der Waals surface area (Å²) in [7, 11) is 0. The van der Waals surface area contributed by atoms with Crippen molar-refractivity contribution in [1.29, 1.82) is 0 Å². The number of para-hydroxylation sites is 2. The molecule has 0 N–H and O–H groups in total. The van der Waals surface area contributed by atoms with Gasteiger partial charge >= 0.3 is 11.9 Å². The third-order valence-corrected chi connectivity index (χ3v) is 4.82. The standard InChI is InChI=1S/C21H20N3O4/c1-3-19(25)22-13-18-20(26)23(14-9-11-15(12-10-14)28-4-2)21(27)24(18)17-8-6-5-7-16(17)22/h5-13,18H,3-4H2,1-2H3/q+1. The van der Waals surface area contributed by atoms with Gasteiger partial charge in [0.25, 0.3) is 5.91 Å². The van der Waals surface area contributed by atoms with Gasteiger partial charge in [0, 0.05) is 6.07 Å². The fourth-order valence-electron chi connectivity index (χ4n) is 3.52. The van der Waals surface area contributed by atoms with E-state index in [2.05, 4.69) is 0 Å². The van der Waals surface area contributed by atoms with Gasteiger partial charge < -0.3 is 4.74 Å². The number of rotatable bonds is 4. The van der Waals surface area contributed by atoms with Crippen LogP contribution in [0.15, 0.2) is 48.5 Å². The highest BCUT2D eigenvalue weighted by Gasteiger charge is 2.52. The van der Waals surface area contributed by atoms with Crippen LogP contribution >= 0.6 is 0 Å². The van der Waals surface area contributed by atoms with Gasteiger partial charge in [-0.05, 0) is 37.3 Å². The second kappa shape index (κ2) is 6.92. The van der Waals surface area contributed by atoms with Crippen LogP contribution in [0.25, 0.3) is 0 Å². The van der Waals surface area contributed by atoms with Gasteiger partial charge in [0.2, 0.25) is 5.69 Å². The average Bonchev–Trinajstić information content (AvgIpc) is 2.98. The molecule has 0 radical (unpaired) electrons. The number of carbonyl (C=O) groups is 3. The van der Waals surface area contributed by atoms with Gasteiger partial charge in [0.05, 0.1) is 18.7 Å². The molecule has 0 spiro atoms. The first-order chi connectivity index (χ1) is 13.6. The van der Waals surface area contributed by atoms with Crippen LogP contribution in [0, 0.1) is 0 Å². The summed E-state index contributed by atoms with van der Waals surface area (Å²) in [5.41, 5.74) is 1.61. The Kier molecular flexibility index (Phi) is 4.43. The first-order valence-corrected chi connectivity index (χ1v) is 9.23. The molecule has 28 heavy (non-hydrogen) atoms. The van der Waals surface area contributed by atoms with Crippen molar-refractivity contribution in [2.24, 2.45) is 0 Å². The molecule has 2 heterocycles. The number of nitrogens with zero attached hydrogens (tertiary/aromatic N) is 3. The first-order valence-electron chi connectivity index (χ1n) is 9.23. The summed E-state index contributed by atoms with van der Waals surface area (Å²) in [5.74, 6) is 0.143. The number of ether oxygens (including phenoxy) is 1. The number of anilines is 2. The lowest BCUT2D eigenvalue weighted by Gasteiger charge is -2.23. The number of amides is 4. The predicted molar refractivity (Wildman–Crippen MR) is 104 cm³/mol. The quantitative estimate of drug-likeness (QED) is 0.606. The lowest BCUT2D eigenvalue weighted by molar-refractivity contribution is -0.364. The Labute approximate surface area is 162 Å². The van der Waals surface area contributed by atoms with Crippen LogP contribution in [0.5, 0.6) is 5.75 Å². The van der Waals surface area contributed by atoms with Crippen LogP contribution in [-0.4, -0.2) is 41.3 Å². The second-order valence-electron chi connectivity index (χ2n) is 6.45. The van der Waals surface area contributed by atoms with Crippen molar-refractivity contribution in [1.82, 2.24) is 0 Å². The molecule has 1 atom stereocenters. The lowest BCUT2D eigenvalue weighted by atomic mass is 10.1. The number of hydrogen-bond donors (Lipinski definition) is 0. The van der Waals surface area contributed by atoms with Crippen molar-refractivity contribution >= 4 is 41.1 Å². The Morgan fingerprint density at radius 2 is 1.79 bits per heavy atom. The number of carbonyl (C=O) groups excluding carboxylic acids is 3. The summed E-state index contributed by atoms with van der Waals surface area (Å²) in [6.45, 7) is 4.18. The zero-order chi connectivity index (χ0) is 19.8. The maximum atomic E-state index is 13.1. The highest BCUT2D eigenvalue weighted by atomic mass is 16.5. The van der Waals surface area contributed by atoms with E-state index in [-0.39, 0.29) is 5.91 Å². The summed E-state index contributed by atoms with van der Waals surface area (Å²) in [6, 6.07) is 12.6. The number of urea groups is 1. The molecule has 0 bridgehead atoms. The van der Waals surface area contributed by atoms with Gasteiger partial charge in [-0.1, -0.05) is 19.1 Å². The normalized spacial score (nSPS) is 17.9. The molecule has 0 saturated carbocycles. The lowest BCUT2D eigenvalue weighted by Crippen LogP contribution is -2.43. The van der Waals surface area contributed by atoms with Crippen LogP contribution < -0.4 is 14.5 Å². The summed E-state index contributed by atoms with van der Waals surface area (Å²) >= 11 is 0. The first kappa shape index (κ1) is 17.9. The average molecular weight is 378 g/mol. The van der Waals surface area contributed by atoms with Crippen molar-refractivity contribution in [3.05, 3.63) is 48.5 Å². The van der Waals surface area contributed by atoms with Crippen molar-refractivity contribution in [3.63, 3.8) is 0 Å². The van der Waals surface area contributed by atoms with E-state index in [1.54, 1.807) is 55.5 Å².